The van der Waals surface area contributed by atoms with Crippen molar-refractivity contribution in [3.05, 3.63) is 46.7 Å². The van der Waals surface area contributed by atoms with E-state index in [-0.39, 0.29) is 11.9 Å². The average Bonchev–Trinajstić information content (AvgIpc) is 2.20. The largest absolute Gasteiger partial charge is 0.307 e. The van der Waals surface area contributed by atoms with Gasteiger partial charge in [0.25, 0.3) is 0 Å². The molecule has 0 fully saturated rings. The van der Waals surface area contributed by atoms with Crippen LogP contribution in [0.4, 0.5) is 4.39 Å². The first-order valence-electron chi connectivity index (χ1n) is 4.44. The van der Waals surface area contributed by atoms with Crippen molar-refractivity contribution >= 4 is 15.9 Å². The fraction of sp³-hybridized carbons (Fsp3) is 0.273. The minimum Gasteiger partial charge on any atom is -0.307 e. The van der Waals surface area contributed by atoms with Gasteiger partial charge >= 0.3 is 0 Å². The Morgan fingerprint density at radius 1 is 1.64 bits per heavy atom. The number of halogens is 2. The molecule has 1 aromatic carbocycles. The summed E-state index contributed by atoms with van der Waals surface area (Å²) in [7, 11) is 0. The molecular weight excluding hydrogens is 245 g/mol. The highest BCUT2D eigenvalue weighted by Crippen LogP contribution is 2.20. The monoisotopic (exact) mass is 257 g/mol. The highest BCUT2D eigenvalue weighted by molar-refractivity contribution is 9.10. The van der Waals surface area contributed by atoms with Crippen molar-refractivity contribution in [1.82, 2.24) is 5.32 Å². The molecule has 1 rings (SSSR count). The van der Waals surface area contributed by atoms with E-state index < -0.39 is 0 Å². The maximum atomic E-state index is 13.1. The molecule has 0 heterocycles. The molecule has 0 radical (unpaired) electrons. The second-order valence-corrected chi connectivity index (χ2v) is 3.91. The Kier molecular flexibility index (Phi) is 4.29. The van der Waals surface area contributed by atoms with E-state index in [1.165, 1.54) is 6.07 Å². The van der Waals surface area contributed by atoms with Crippen LogP contribution < -0.4 is 5.32 Å². The molecule has 1 unspecified atom stereocenters. The van der Waals surface area contributed by atoms with E-state index in [0.717, 1.165) is 5.56 Å². The molecule has 14 heavy (non-hydrogen) atoms. The summed E-state index contributed by atoms with van der Waals surface area (Å²) in [6, 6.07) is 5.25. The minimum atomic E-state index is -0.226. The van der Waals surface area contributed by atoms with E-state index in [1.54, 1.807) is 6.07 Å². The van der Waals surface area contributed by atoms with Gasteiger partial charge in [-0.15, -0.1) is 6.58 Å². The molecule has 0 aliphatic carbocycles. The van der Waals surface area contributed by atoms with Crippen LogP contribution in [-0.4, -0.2) is 6.04 Å². The normalized spacial score (nSPS) is 12.5. The molecule has 0 aliphatic heterocycles. The van der Waals surface area contributed by atoms with Gasteiger partial charge in [0, 0.05) is 12.6 Å². The smallest absolute Gasteiger partial charge is 0.137 e. The van der Waals surface area contributed by atoms with Gasteiger partial charge in [0.05, 0.1) is 4.47 Å². The molecule has 3 heteroatoms. The quantitative estimate of drug-likeness (QED) is 0.817. The molecule has 0 saturated heterocycles. The Bertz CT molecular complexity index is 325. The van der Waals surface area contributed by atoms with Crippen LogP contribution in [0.2, 0.25) is 0 Å². The van der Waals surface area contributed by atoms with Crippen LogP contribution in [0, 0.1) is 5.82 Å². The molecule has 1 aromatic rings. The molecule has 0 spiro atoms. The summed E-state index contributed by atoms with van der Waals surface area (Å²) < 4.78 is 13.6. The fourth-order valence-electron chi connectivity index (χ4n) is 1.04. The van der Waals surface area contributed by atoms with Crippen LogP contribution >= 0.6 is 15.9 Å². The Hall–Kier alpha value is -0.670. The fourth-order valence-corrected chi connectivity index (χ4v) is 1.44. The second kappa shape index (κ2) is 5.27. The van der Waals surface area contributed by atoms with Crippen molar-refractivity contribution in [2.45, 2.75) is 19.5 Å². The summed E-state index contributed by atoms with van der Waals surface area (Å²) in [5, 5.41) is 3.20. The van der Waals surface area contributed by atoms with Gasteiger partial charge in [-0.25, -0.2) is 4.39 Å². The third kappa shape index (κ3) is 2.93. The Morgan fingerprint density at radius 2 is 2.36 bits per heavy atom. The van der Waals surface area contributed by atoms with Crippen molar-refractivity contribution in [2.24, 2.45) is 0 Å². The van der Waals surface area contributed by atoms with Crippen molar-refractivity contribution in [3.63, 3.8) is 0 Å². The number of hydrogen-bond donors (Lipinski definition) is 1. The van der Waals surface area contributed by atoms with Crippen LogP contribution in [0.25, 0.3) is 0 Å². The van der Waals surface area contributed by atoms with E-state index in [0.29, 0.717) is 11.0 Å². The minimum absolute atomic E-state index is 0.226. The van der Waals surface area contributed by atoms with E-state index >= 15 is 0 Å². The summed E-state index contributed by atoms with van der Waals surface area (Å²) in [4.78, 5) is 0. The standard InChI is InChI=1S/C11H13BrFN/c1-3-8(2)14-7-9-5-4-6-10(13)11(9)12/h3-6,8,14H,1,7H2,2H3. The first-order chi connectivity index (χ1) is 6.65. The van der Waals surface area contributed by atoms with E-state index in [2.05, 4.69) is 27.8 Å². The first kappa shape index (κ1) is 11.4. The van der Waals surface area contributed by atoms with Gasteiger partial charge in [-0.1, -0.05) is 18.2 Å². The van der Waals surface area contributed by atoms with E-state index in [1.807, 2.05) is 19.1 Å². The van der Waals surface area contributed by atoms with Crippen molar-refractivity contribution in [1.29, 1.82) is 0 Å². The van der Waals surface area contributed by atoms with Gasteiger partial charge in [-0.05, 0) is 34.5 Å². The van der Waals surface area contributed by atoms with E-state index in [9.17, 15) is 4.39 Å². The summed E-state index contributed by atoms with van der Waals surface area (Å²) >= 11 is 3.21. The Labute approximate surface area is 92.1 Å². The molecular formula is C11H13BrFN. The Balaban J connectivity index is 2.67. The summed E-state index contributed by atoms with van der Waals surface area (Å²) in [6.07, 6.45) is 1.81. The molecule has 1 atom stereocenters. The van der Waals surface area contributed by atoms with Gasteiger partial charge in [0.15, 0.2) is 0 Å². The molecule has 1 N–H and O–H groups in total. The highest BCUT2D eigenvalue weighted by Gasteiger charge is 2.04. The second-order valence-electron chi connectivity index (χ2n) is 3.12. The number of hydrogen-bond acceptors (Lipinski definition) is 1. The zero-order valence-electron chi connectivity index (χ0n) is 8.06. The molecule has 1 nitrogen and oxygen atoms in total. The van der Waals surface area contributed by atoms with Gasteiger partial charge < -0.3 is 5.32 Å². The number of rotatable bonds is 4. The number of nitrogens with one attached hydrogen (secondary N) is 1. The zero-order valence-corrected chi connectivity index (χ0v) is 9.64. The van der Waals surface area contributed by atoms with E-state index in [4.69, 9.17) is 0 Å². The lowest BCUT2D eigenvalue weighted by molar-refractivity contribution is 0.602. The van der Waals surface area contributed by atoms with Crippen molar-refractivity contribution < 1.29 is 4.39 Å². The average molecular weight is 258 g/mol. The van der Waals surface area contributed by atoms with Gasteiger partial charge in [0.2, 0.25) is 0 Å². The molecule has 76 valence electrons. The van der Waals surface area contributed by atoms with Gasteiger partial charge in [0.1, 0.15) is 5.82 Å². The van der Waals surface area contributed by atoms with Crippen LogP contribution in [0.3, 0.4) is 0 Å². The van der Waals surface area contributed by atoms with Crippen LogP contribution in [0.15, 0.2) is 35.3 Å². The molecule has 0 aromatic heterocycles. The maximum Gasteiger partial charge on any atom is 0.137 e. The first-order valence-corrected chi connectivity index (χ1v) is 5.23. The summed E-state index contributed by atoms with van der Waals surface area (Å²) in [6.45, 7) is 6.30. The summed E-state index contributed by atoms with van der Waals surface area (Å²) in [5.41, 5.74) is 0.915. The molecule has 0 aliphatic rings. The lowest BCUT2D eigenvalue weighted by Crippen LogP contribution is -2.23. The molecule has 0 amide bonds. The van der Waals surface area contributed by atoms with Crippen LogP contribution in [-0.2, 0) is 6.54 Å². The predicted octanol–water partition coefficient (Wildman–Crippen LogP) is 3.25. The van der Waals surface area contributed by atoms with Crippen LogP contribution in [0.5, 0.6) is 0 Å². The van der Waals surface area contributed by atoms with Crippen LogP contribution in [0.1, 0.15) is 12.5 Å². The van der Waals surface area contributed by atoms with Crippen molar-refractivity contribution in [2.75, 3.05) is 0 Å². The van der Waals surface area contributed by atoms with Gasteiger partial charge in [-0.2, -0.15) is 0 Å². The van der Waals surface area contributed by atoms with Crippen molar-refractivity contribution in [3.8, 4) is 0 Å². The third-order valence-corrected chi connectivity index (χ3v) is 2.89. The van der Waals surface area contributed by atoms with Gasteiger partial charge in [-0.3, -0.25) is 0 Å². The SMILES string of the molecule is C=CC(C)NCc1cccc(F)c1Br. The predicted molar refractivity (Wildman–Crippen MR) is 60.6 cm³/mol. The maximum absolute atomic E-state index is 13.1. The Morgan fingerprint density at radius 3 is 3.00 bits per heavy atom. The zero-order chi connectivity index (χ0) is 10.6. The third-order valence-electron chi connectivity index (χ3n) is 2.00. The highest BCUT2D eigenvalue weighted by atomic mass is 79.9. The lowest BCUT2D eigenvalue weighted by atomic mass is 10.2. The molecule has 0 saturated carbocycles. The molecule has 0 bridgehead atoms. The number of benzene rings is 1. The lowest BCUT2D eigenvalue weighted by Gasteiger charge is -2.10. The topological polar surface area (TPSA) is 12.0 Å². The summed E-state index contributed by atoms with van der Waals surface area (Å²) in [5.74, 6) is -0.226.